The molecule has 2 rings (SSSR count). The lowest BCUT2D eigenvalue weighted by atomic mass is 10.1. The normalized spacial score (nSPS) is 10.2. The highest BCUT2D eigenvalue weighted by Gasteiger charge is 2.06. The van der Waals surface area contributed by atoms with Crippen LogP contribution in [0.25, 0.3) is 0 Å². The Morgan fingerprint density at radius 1 is 1.05 bits per heavy atom. The van der Waals surface area contributed by atoms with Gasteiger partial charge in [0.05, 0.1) is 0 Å². The third-order valence-electron chi connectivity index (χ3n) is 3.33. The first-order chi connectivity index (χ1) is 10.1. The van der Waals surface area contributed by atoms with E-state index in [4.69, 9.17) is 0 Å². The summed E-state index contributed by atoms with van der Waals surface area (Å²) in [6.07, 6.45) is 0.813. The van der Waals surface area contributed by atoms with Gasteiger partial charge in [0.2, 0.25) is 0 Å². The van der Waals surface area contributed by atoms with E-state index in [-0.39, 0.29) is 6.03 Å². The predicted molar refractivity (Wildman–Crippen MR) is 90.8 cm³/mol. The highest BCUT2D eigenvalue weighted by molar-refractivity contribution is 9.10. The molecule has 0 radical (unpaired) electrons. The summed E-state index contributed by atoms with van der Waals surface area (Å²) in [5.74, 6) is 0. The summed E-state index contributed by atoms with van der Waals surface area (Å²) < 4.78 is 1.06. The predicted octanol–water partition coefficient (Wildman–Crippen LogP) is 4.43. The number of anilines is 1. The molecule has 2 aromatic rings. The lowest BCUT2D eigenvalue weighted by Crippen LogP contribution is -2.31. The van der Waals surface area contributed by atoms with E-state index in [0.717, 1.165) is 27.7 Å². The molecule has 0 heterocycles. The minimum absolute atomic E-state index is 0.162. The Balaban J connectivity index is 1.84. The van der Waals surface area contributed by atoms with E-state index >= 15 is 0 Å². The molecule has 0 aromatic heterocycles. The molecule has 3 nitrogen and oxygen atoms in total. The number of carbonyl (C=O) groups excluding carboxylic acids is 1. The topological polar surface area (TPSA) is 41.1 Å². The van der Waals surface area contributed by atoms with Crippen LogP contribution >= 0.6 is 15.9 Å². The van der Waals surface area contributed by atoms with Gasteiger partial charge in [-0.2, -0.15) is 0 Å². The second-order valence-corrected chi connectivity index (χ2v) is 5.94. The molecule has 2 aromatic carbocycles. The van der Waals surface area contributed by atoms with Crippen LogP contribution in [0.2, 0.25) is 0 Å². The van der Waals surface area contributed by atoms with Crippen molar-refractivity contribution in [2.45, 2.75) is 20.3 Å². The molecule has 110 valence electrons. The van der Waals surface area contributed by atoms with Crippen molar-refractivity contribution in [3.05, 3.63) is 63.6 Å². The van der Waals surface area contributed by atoms with Gasteiger partial charge in [0, 0.05) is 16.7 Å². The van der Waals surface area contributed by atoms with Gasteiger partial charge in [-0.1, -0.05) is 46.3 Å². The van der Waals surface area contributed by atoms with Crippen molar-refractivity contribution in [2.24, 2.45) is 0 Å². The van der Waals surface area contributed by atoms with Gasteiger partial charge in [-0.05, 0) is 49.1 Å². The molecule has 0 aliphatic heterocycles. The number of carbonyl (C=O) groups is 1. The second-order valence-electron chi connectivity index (χ2n) is 5.02. The van der Waals surface area contributed by atoms with Crippen LogP contribution < -0.4 is 10.6 Å². The van der Waals surface area contributed by atoms with E-state index in [9.17, 15) is 4.79 Å². The van der Waals surface area contributed by atoms with Crippen molar-refractivity contribution < 1.29 is 4.79 Å². The summed E-state index contributed by atoms with van der Waals surface area (Å²) in [4.78, 5) is 11.9. The summed E-state index contributed by atoms with van der Waals surface area (Å²) in [5.41, 5.74) is 4.22. The van der Waals surface area contributed by atoms with Crippen LogP contribution in [0.1, 0.15) is 16.7 Å². The number of rotatable bonds is 4. The maximum absolute atomic E-state index is 11.9. The lowest BCUT2D eigenvalue weighted by molar-refractivity contribution is 0.252. The smallest absolute Gasteiger partial charge is 0.319 e. The lowest BCUT2D eigenvalue weighted by Gasteiger charge is -2.12. The number of hydrogen-bond donors (Lipinski definition) is 2. The molecule has 0 unspecified atom stereocenters. The van der Waals surface area contributed by atoms with Crippen LogP contribution in [0.5, 0.6) is 0 Å². The number of hydrogen-bond acceptors (Lipinski definition) is 1. The van der Waals surface area contributed by atoms with Crippen molar-refractivity contribution in [1.29, 1.82) is 0 Å². The number of nitrogens with one attached hydrogen (secondary N) is 2. The number of benzene rings is 2. The molecule has 0 saturated heterocycles. The van der Waals surface area contributed by atoms with Crippen molar-refractivity contribution >= 4 is 27.6 Å². The van der Waals surface area contributed by atoms with Crippen LogP contribution in [0.3, 0.4) is 0 Å². The molecule has 2 N–H and O–H groups in total. The number of urea groups is 1. The Kier molecular flexibility index (Phi) is 5.39. The van der Waals surface area contributed by atoms with Gasteiger partial charge in [0.25, 0.3) is 0 Å². The molecule has 0 aliphatic rings. The van der Waals surface area contributed by atoms with Gasteiger partial charge in [-0.15, -0.1) is 0 Å². The maximum Gasteiger partial charge on any atom is 0.319 e. The minimum atomic E-state index is -0.162. The number of aryl methyl sites for hydroxylation is 2. The van der Waals surface area contributed by atoms with Crippen LogP contribution in [0.15, 0.2) is 46.9 Å². The van der Waals surface area contributed by atoms with Crippen molar-refractivity contribution in [2.75, 3.05) is 11.9 Å². The van der Waals surface area contributed by atoms with Gasteiger partial charge in [-0.3, -0.25) is 0 Å². The molecule has 0 fully saturated rings. The fourth-order valence-corrected chi connectivity index (χ4v) is 2.41. The molecule has 0 aliphatic carbocycles. The Morgan fingerprint density at radius 3 is 2.29 bits per heavy atom. The van der Waals surface area contributed by atoms with Crippen LogP contribution in [-0.4, -0.2) is 12.6 Å². The van der Waals surface area contributed by atoms with Crippen LogP contribution in [-0.2, 0) is 6.42 Å². The van der Waals surface area contributed by atoms with E-state index in [1.165, 1.54) is 5.56 Å². The summed E-state index contributed by atoms with van der Waals surface area (Å²) >= 11 is 3.41. The van der Waals surface area contributed by atoms with Gasteiger partial charge >= 0.3 is 6.03 Å². The van der Waals surface area contributed by atoms with Crippen molar-refractivity contribution in [3.8, 4) is 0 Å². The molecular weight excluding hydrogens is 328 g/mol. The Morgan fingerprint density at radius 2 is 1.67 bits per heavy atom. The number of halogens is 1. The first-order valence-electron chi connectivity index (χ1n) is 6.92. The Hall–Kier alpha value is -1.81. The standard InChI is InChI=1S/C17H19BrN2O/c1-12-4-3-5-13(2)16(12)20-17(21)19-11-10-14-6-8-15(18)9-7-14/h3-9H,10-11H2,1-2H3,(H2,19,20,21). The Bertz CT molecular complexity index is 603. The van der Waals surface area contributed by atoms with Crippen LogP contribution in [0.4, 0.5) is 10.5 Å². The molecule has 2 amide bonds. The zero-order valence-electron chi connectivity index (χ0n) is 12.2. The van der Waals surface area contributed by atoms with Gasteiger partial charge < -0.3 is 10.6 Å². The maximum atomic E-state index is 11.9. The molecular formula is C17H19BrN2O. The largest absolute Gasteiger partial charge is 0.338 e. The number of amides is 2. The highest BCUT2D eigenvalue weighted by Crippen LogP contribution is 2.19. The molecule has 0 saturated carbocycles. The monoisotopic (exact) mass is 346 g/mol. The fraction of sp³-hybridized carbons (Fsp3) is 0.235. The fourth-order valence-electron chi connectivity index (χ4n) is 2.14. The minimum Gasteiger partial charge on any atom is -0.338 e. The van der Waals surface area contributed by atoms with Gasteiger partial charge in [0.15, 0.2) is 0 Å². The zero-order chi connectivity index (χ0) is 15.2. The third-order valence-corrected chi connectivity index (χ3v) is 3.86. The van der Waals surface area contributed by atoms with Gasteiger partial charge in [-0.25, -0.2) is 4.79 Å². The molecule has 0 bridgehead atoms. The Labute approximate surface area is 133 Å². The second kappa shape index (κ2) is 7.27. The summed E-state index contributed by atoms with van der Waals surface area (Å²) in [5, 5.41) is 5.80. The van der Waals surface area contributed by atoms with Gasteiger partial charge in [0.1, 0.15) is 0 Å². The SMILES string of the molecule is Cc1cccc(C)c1NC(=O)NCCc1ccc(Br)cc1. The third kappa shape index (κ3) is 4.60. The molecule has 0 atom stereocenters. The highest BCUT2D eigenvalue weighted by atomic mass is 79.9. The molecule has 21 heavy (non-hydrogen) atoms. The van der Waals surface area contributed by atoms with Crippen molar-refractivity contribution in [3.63, 3.8) is 0 Å². The quantitative estimate of drug-likeness (QED) is 0.844. The average Bonchev–Trinajstić information content (AvgIpc) is 2.45. The van der Waals surface area contributed by atoms with E-state index in [0.29, 0.717) is 6.54 Å². The average molecular weight is 347 g/mol. The van der Waals surface area contributed by atoms with E-state index in [1.54, 1.807) is 0 Å². The number of para-hydroxylation sites is 1. The summed E-state index contributed by atoms with van der Waals surface area (Å²) in [7, 11) is 0. The molecule has 0 spiro atoms. The van der Waals surface area contributed by atoms with Crippen LogP contribution in [0, 0.1) is 13.8 Å². The van der Waals surface area contributed by atoms with Crippen molar-refractivity contribution in [1.82, 2.24) is 5.32 Å². The summed E-state index contributed by atoms with van der Waals surface area (Å²) in [6.45, 7) is 4.59. The van der Waals surface area contributed by atoms with E-state index in [2.05, 4.69) is 38.7 Å². The summed E-state index contributed by atoms with van der Waals surface area (Å²) in [6, 6.07) is 13.9. The van der Waals surface area contributed by atoms with E-state index < -0.39 is 0 Å². The first kappa shape index (κ1) is 15.6. The first-order valence-corrected chi connectivity index (χ1v) is 7.71. The molecule has 4 heteroatoms. The van der Waals surface area contributed by atoms with E-state index in [1.807, 2.05) is 44.2 Å². The zero-order valence-corrected chi connectivity index (χ0v) is 13.8.